The van der Waals surface area contributed by atoms with Gasteiger partial charge in [0.1, 0.15) is 6.61 Å². The summed E-state index contributed by atoms with van der Waals surface area (Å²) >= 11 is 0. The van der Waals surface area contributed by atoms with Crippen molar-refractivity contribution < 1.29 is 29.1 Å². The van der Waals surface area contributed by atoms with Gasteiger partial charge in [-0.05, 0) is 0 Å². The van der Waals surface area contributed by atoms with Crippen molar-refractivity contribution in [2.45, 2.75) is 0 Å². The highest BCUT2D eigenvalue weighted by Crippen LogP contribution is 2.25. The van der Waals surface area contributed by atoms with Crippen LogP contribution in [0.25, 0.3) is 0 Å². The monoisotopic (exact) mass is 243 g/mol. The molecular weight excluding hydrogens is 225 g/mol. The molecule has 0 radical (unpaired) electrons. The smallest absolute Gasteiger partial charge is 0.466 e. The highest BCUT2D eigenvalue weighted by atomic mass is 31.2. The molecule has 0 aromatic carbocycles. The van der Waals surface area contributed by atoms with Crippen LogP contribution in [-0.2, 0) is 9.30 Å². The van der Waals surface area contributed by atoms with E-state index in [1.54, 1.807) is 6.08 Å². The molecule has 92 valence electrons. The van der Waals surface area contributed by atoms with Crippen LogP contribution in [-0.4, -0.2) is 39.5 Å². The van der Waals surface area contributed by atoms with Crippen LogP contribution in [0.3, 0.4) is 0 Å². The predicted octanol–water partition coefficient (Wildman–Crippen LogP) is -0.659. The van der Waals surface area contributed by atoms with Gasteiger partial charge in [0, 0.05) is 6.54 Å². The maximum Gasteiger partial charge on any atom is 0.466 e. The highest BCUT2D eigenvalue weighted by molar-refractivity contribution is 7.45. The fourth-order valence-corrected chi connectivity index (χ4v) is 0.136. The van der Waals surface area contributed by atoms with Gasteiger partial charge in [0.15, 0.2) is 0 Å². The number of hydrogen-bond acceptors (Lipinski definition) is 4. The second kappa shape index (κ2) is 15.8. The Morgan fingerprint density at radius 3 is 1.73 bits per heavy atom. The predicted molar refractivity (Wildman–Crippen MR) is 56.7 cm³/mol. The molecule has 15 heavy (non-hydrogen) atoms. The lowest BCUT2D eigenvalue weighted by molar-refractivity contribution is 0.275. The maximum absolute atomic E-state index is 8.88. The summed E-state index contributed by atoms with van der Waals surface area (Å²) in [7, 11) is -4.64. The van der Waals surface area contributed by atoms with E-state index in [1.165, 1.54) is 6.26 Å². The van der Waals surface area contributed by atoms with E-state index in [0.29, 0.717) is 13.2 Å². The van der Waals surface area contributed by atoms with Crippen molar-refractivity contribution >= 4 is 7.82 Å². The molecule has 8 heteroatoms. The third-order valence-electron chi connectivity index (χ3n) is 0.461. The van der Waals surface area contributed by atoms with Crippen LogP contribution >= 0.6 is 7.82 Å². The zero-order valence-electron chi connectivity index (χ0n) is 8.32. The fourth-order valence-electron chi connectivity index (χ4n) is 0.136. The van der Waals surface area contributed by atoms with Gasteiger partial charge < -0.3 is 30.3 Å². The van der Waals surface area contributed by atoms with Crippen molar-refractivity contribution in [1.29, 1.82) is 0 Å². The van der Waals surface area contributed by atoms with E-state index < -0.39 is 7.82 Å². The molecule has 0 aliphatic carbocycles. The van der Waals surface area contributed by atoms with Crippen LogP contribution in [0.1, 0.15) is 0 Å². The van der Waals surface area contributed by atoms with E-state index in [0.717, 1.165) is 0 Å². The third-order valence-corrected chi connectivity index (χ3v) is 0.461. The van der Waals surface area contributed by atoms with Crippen LogP contribution in [0.4, 0.5) is 0 Å². The van der Waals surface area contributed by atoms with E-state index in [-0.39, 0.29) is 6.61 Å². The van der Waals surface area contributed by atoms with E-state index in [1.807, 2.05) is 0 Å². The van der Waals surface area contributed by atoms with Gasteiger partial charge in [-0.2, -0.15) is 0 Å². The minimum absolute atomic E-state index is 0.0972. The molecule has 0 saturated heterocycles. The molecule has 0 aliphatic rings. The fraction of sp³-hybridized carbons (Fsp3) is 0.429. The Morgan fingerprint density at radius 1 is 1.33 bits per heavy atom. The highest BCUT2D eigenvalue weighted by Gasteiger charge is 2.00. The van der Waals surface area contributed by atoms with Crippen LogP contribution in [0.15, 0.2) is 25.5 Å². The number of ether oxygens (including phenoxy) is 1. The Bertz CT molecular complexity index is 162. The Morgan fingerprint density at radius 2 is 1.67 bits per heavy atom. The Balaban J connectivity index is -0.000000147. The third kappa shape index (κ3) is 155. The first-order valence-electron chi connectivity index (χ1n) is 3.76. The average molecular weight is 243 g/mol. The minimum Gasteiger partial charge on any atom is -0.498 e. The van der Waals surface area contributed by atoms with Crippen LogP contribution in [0.2, 0.25) is 0 Å². The average Bonchev–Trinajstić information content (AvgIpc) is 2.12. The first kappa shape index (κ1) is 19.8. The lowest BCUT2D eigenvalue weighted by Crippen LogP contribution is -2.02. The molecule has 6 N–H and O–H groups in total. The van der Waals surface area contributed by atoms with Gasteiger partial charge in [0.05, 0.1) is 12.9 Å². The van der Waals surface area contributed by atoms with Gasteiger partial charge in [-0.25, -0.2) is 4.57 Å². The van der Waals surface area contributed by atoms with E-state index in [9.17, 15) is 0 Å². The Labute approximate surface area is 88.7 Å². The molecule has 0 heterocycles. The standard InChI is InChI=1S/C5H8O.C2H7NO.H3O4P/c1-3-5-6-4-2;3-1-2-4;1-5(2,3)4/h3-4H,1-2,5H2;4H,1-3H2;(H3,1,2,3,4). The Hall–Kier alpha value is -0.690. The zero-order valence-corrected chi connectivity index (χ0v) is 9.21. The molecule has 0 aromatic heterocycles. The number of nitrogens with two attached hydrogens (primary N) is 1. The topological polar surface area (TPSA) is 133 Å². The molecule has 0 aliphatic heterocycles. The summed E-state index contributed by atoms with van der Waals surface area (Å²) in [6.07, 6.45) is 3.06. The second-order valence-electron chi connectivity index (χ2n) is 1.81. The summed E-state index contributed by atoms with van der Waals surface area (Å²) in [6.45, 7) is 7.78. The van der Waals surface area contributed by atoms with Crippen molar-refractivity contribution in [1.82, 2.24) is 0 Å². The first-order valence-corrected chi connectivity index (χ1v) is 5.32. The quantitative estimate of drug-likeness (QED) is 0.191. The molecule has 0 rings (SSSR count). The number of aliphatic hydroxyl groups is 1. The van der Waals surface area contributed by atoms with Crippen LogP contribution < -0.4 is 5.73 Å². The summed E-state index contributed by atoms with van der Waals surface area (Å²) in [5, 5.41) is 7.75. The first-order chi connectivity index (χ1) is 6.83. The molecule has 0 spiro atoms. The molecule has 7 nitrogen and oxygen atoms in total. The number of phosphoric acid groups is 1. The minimum atomic E-state index is -4.64. The number of hydrogen-bond donors (Lipinski definition) is 5. The van der Waals surface area contributed by atoms with Gasteiger partial charge in [-0.15, -0.1) is 0 Å². The summed E-state index contributed by atoms with van der Waals surface area (Å²) in [6, 6.07) is 0. The Kier molecular flexibility index (Phi) is 20.8. The normalized spacial score (nSPS) is 8.60. The maximum atomic E-state index is 8.88. The van der Waals surface area contributed by atoms with Crippen LogP contribution in [0.5, 0.6) is 0 Å². The summed E-state index contributed by atoms with van der Waals surface area (Å²) in [5.41, 5.74) is 4.78. The molecule has 0 saturated carbocycles. The van der Waals surface area contributed by atoms with E-state index in [2.05, 4.69) is 17.9 Å². The van der Waals surface area contributed by atoms with Gasteiger partial charge in [0.25, 0.3) is 0 Å². The van der Waals surface area contributed by atoms with Crippen molar-refractivity contribution in [2.24, 2.45) is 5.73 Å². The van der Waals surface area contributed by atoms with Crippen molar-refractivity contribution in [3.63, 3.8) is 0 Å². The summed E-state index contributed by atoms with van der Waals surface area (Å²) in [5.74, 6) is 0. The van der Waals surface area contributed by atoms with Crippen LogP contribution in [0, 0.1) is 0 Å². The molecule has 0 bridgehead atoms. The van der Waals surface area contributed by atoms with Crippen molar-refractivity contribution in [3.8, 4) is 0 Å². The lowest BCUT2D eigenvalue weighted by atomic mass is 10.7. The van der Waals surface area contributed by atoms with Gasteiger partial charge >= 0.3 is 7.82 Å². The molecular formula is C7H18NO6P. The van der Waals surface area contributed by atoms with Gasteiger partial charge in [-0.1, -0.05) is 19.2 Å². The molecule has 0 aromatic rings. The summed E-state index contributed by atoms with van der Waals surface area (Å²) < 4.78 is 13.5. The molecule has 0 amide bonds. The van der Waals surface area contributed by atoms with Crippen molar-refractivity contribution in [3.05, 3.63) is 25.5 Å². The van der Waals surface area contributed by atoms with Crippen molar-refractivity contribution in [2.75, 3.05) is 19.8 Å². The number of rotatable bonds is 4. The number of aliphatic hydroxyl groups excluding tert-OH is 1. The molecule has 0 atom stereocenters. The molecule has 0 fully saturated rings. The van der Waals surface area contributed by atoms with Gasteiger partial charge in [0.2, 0.25) is 0 Å². The van der Waals surface area contributed by atoms with Gasteiger partial charge in [-0.3, -0.25) is 0 Å². The second-order valence-corrected chi connectivity index (χ2v) is 2.84. The SMILES string of the molecule is C=CCOC=C.NCCO.O=P(O)(O)O. The van der Waals surface area contributed by atoms with E-state index >= 15 is 0 Å². The summed E-state index contributed by atoms with van der Waals surface area (Å²) in [4.78, 5) is 21.6. The molecule has 0 unspecified atom stereocenters. The zero-order chi connectivity index (χ0) is 12.7. The lowest BCUT2D eigenvalue weighted by Gasteiger charge is -1.86. The van der Waals surface area contributed by atoms with E-state index in [4.69, 9.17) is 30.1 Å². The largest absolute Gasteiger partial charge is 0.498 e.